The normalized spacial score (nSPS) is 10.7. The van der Waals surface area contributed by atoms with Crippen LogP contribution in [0.3, 0.4) is 0 Å². The number of rotatable bonds is 6. The van der Waals surface area contributed by atoms with Gasteiger partial charge in [0, 0.05) is 5.02 Å². The van der Waals surface area contributed by atoms with Gasteiger partial charge in [0.15, 0.2) is 6.61 Å². The largest absolute Gasteiger partial charge is 0.496 e. The summed E-state index contributed by atoms with van der Waals surface area (Å²) in [6.07, 6.45) is 1.54. The molecule has 126 valence electrons. The molecule has 0 aliphatic heterocycles. The number of benzene rings is 2. The van der Waals surface area contributed by atoms with Crippen LogP contribution in [0.1, 0.15) is 11.1 Å². The maximum absolute atomic E-state index is 11.7. The van der Waals surface area contributed by atoms with E-state index >= 15 is 0 Å². The van der Waals surface area contributed by atoms with Gasteiger partial charge in [-0.05, 0) is 54.4 Å². The molecule has 2 rings (SSSR count). The zero-order chi connectivity index (χ0) is 17.5. The highest BCUT2D eigenvalue weighted by atomic mass is 35.5. The fraction of sp³-hybridized carbons (Fsp3) is 0.176. The van der Waals surface area contributed by atoms with E-state index in [2.05, 4.69) is 10.5 Å². The van der Waals surface area contributed by atoms with Gasteiger partial charge in [0.1, 0.15) is 11.5 Å². The first-order valence-electron chi connectivity index (χ1n) is 7.04. The SMILES string of the molecule is COc1ccc(/C=N/NC(=O)COc2ccc(Cl)cc2Cl)cc1C. The van der Waals surface area contributed by atoms with Crippen molar-refractivity contribution in [3.63, 3.8) is 0 Å². The molecule has 1 N–H and O–H groups in total. The molecule has 0 fully saturated rings. The number of carbonyl (C=O) groups excluding carboxylic acids is 1. The number of carbonyl (C=O) groups is 1. The molecule has 0 aliphatic carbocycles. The molecule has 1 amide bonds. The van der Waals surface area contributed by atoms with Crippen molar-refractivity contribution in [2.45, 2.75) is 6.92 Å². The maximum atomic E-state index is 11.7. The van der Waals surface area contributed by atoms with Crippen molar-refractivity contribution in [2.24, 2.45) is 5.10 Å². The molecule has 0 saturated heterocycles. The first kappa shape index (κ1) is 18.1. The van der Waals surface area contributed by atoms with Crippen molar-refractivity contribution < 1.29 is 14.3 Å². The molecule has 2 aromatic carbocycles. The molecule has 0 radical (unpaired) electrons. The average Bonchev–Trinajstić information content (AvgIpc) is 2.54. The maximum Gasteiger partial charge on any atom is 0.277 e. The quantitative estimate of drug-likeness (QED) is 0.623. The number of hydrazone groups is 1. The van der Waals surface area contributed by atoms with Crippen molar-refractivity contribution >= 4 is 35.3 Å². The molecule has 0 aliphatic rings. The zero-order valence-electron chi connectivity index (χ0n) is 13.2. The summed E-state index contributed by atoms with van der Waals surface area (Å²) in [6, 6.07) is 10.3. The van der Waals surface area contributed by atoms with Crippen LogP contribution in [0.4, 0.5) is 0 Å². The van der Waals surface area contributed by atoms with Gasteiger partial charge in [-0.2, -0.15) is 5.10 Å². The average molecular weight is 367 g/mol. The van der Waals surface area contributed by atoms with Gasteiger partial charge in [-0.15, -0.1) is 0 Å². The second-order valence-corrected chi connectivity index (χ2v) is 5.73. The highest BCUT2D eigenvalue weighted by Gasteiger charge is 2.06. The standard InChI is InChI=1S/C17H16Cl2N2O3/c1-11-7-12(3-5-15(11)23-2)9-20-21-17(22)10-24-16-6-4-13(18)8-14(16)19/h3-9H,10H2,1-2H3,(H,21,22)/b20-9+. The summed E-state index contributed by atoms with van der Waals surface area (Å²) in [5.41, 5.74) is 4.21. The Labute approximate surface area is 150 Å². The van der Waals surface area contributed by atoms with E-state index in [1.165, 1.54) is 0 Å². The lowest BCUT2D eigenvalue weighted by atomic mass is 10.1. The first-order chi connectivity index (χ1) is 11.5. The van der Waals surface area contributed by atoms with Crippen molar-refractivity contribution in [3.05, 3.63) is 57.6 Å². The molecular weight excluding hydrogens is 351 g/mol. The van der Waals surface area contributed by atoms with Gasteiger partial charge < -0.3 is 9.47 Å². The fourth-order valence-corrected chi connectivity index (χ4v) is 2.39. The summed E-state index contributed by atoms with van der Waals surface area (Å²) in [7, 11) is 1.61. The van der Waals surface area contributed by atoms with E-state index < -0.39 is 5.91 Å². The summed E-state index contributed by atoms with van der Waals surface area (Å²) in [4.78, 5) is 11.7. The van der Waals surface area contributed by atoms with Gasteiger partial charge in [-0.3, -0.25) is 4.79 Å². The number of aryl methyl sites for hydroxylation is 1. The fourth-order valence-electron chi connectivity index (χ4n) is 1.93. The number of methoxy groups -OCH3 is 1. The van der Waals surface area contributed by atoms with Gasteiger partial charge >= 0.3 is 0 Å². The van der Waals surface area contributed by atoms with E-state index in [4.69, 9.17) is 32.7 Å². The molecule has 0 aromatic heterocycles. The molecule has 0 saturated carbocycles. The van der Waals surface area contributed by atoms with Crippen LogP contribution in [-0.4, -0.2) is 25.8 Å². The third-order valence-corrected chi connectivity index (χ3v) is 3.60. The summed E-state index contributed by atoms with van der Waals surface area (Å²) in [5.74, 6) is 0.776. The van der Waals surface area contributed by atoms with Gasteiger partial charge in [0.2, 0.25) is 0 Å². The minimum atomic E-state index is -0.400. The highest BCUT2D eigenvalue weighted by Crippen LogP contribution is 2.27. The van der Waals surface area contributed by atoms with Gasteiger partial charge in [-0.1, -0.05) is 23.2 Å². The second-order valence-electron chi connectivity index (χ2n) is 4.89. The Morgan fingerprint density at radius 2 is 1.96 bits per heavy atom. The van der Waals surface area contributed by atoms with Gasteiger partial charge in [0.05, 0.1) is 18.3 Å². The molecular formula is C17H16Cl2N2O3. The Kier molecular flexibility index (Phi) is 6.46. The van der Waals surface area contributed by atoms with Crippen molar-refractivity contribution in [3.8, 4) is 11.5 Å². The lowest BCUT2D eigenvalue weighted by Gasteiger charge is -2.07. The predicted molar refractivity (Wildman–Crippen MR) is 95.4 cm³/mol. The van der Waals surface area contributed by atoms with E-state index in [0.717, 1.165) is 16.9 Å². The molecule has 0 atom stereocenters. The van der Waals surface area contributed by atoms with E-state index in [1.807, 2.05) is 25.1 Å². The minimum absolute atomic E-state index is 0.208. The third-order valence-electron chi connectivity index (χ3n) is 3.07. The highest BCUT2D eigenvalue weighted by molar-refractivity contribution is 6.35. The number of nitrogens with zero attached hydrogens (tertiary/aromatic N) is 1. The van der Waals surface area contributed by atoms with E-state index in [1.54, 1.807) is 31.5 Å². The smallest absolute Gasteiger partial charge is 0.277 e. The predicted octanol–water partition coefficient (Wildman–Crippen LogP) is 3.84. The summed E-state index contributed by atoms with van der Waals surface area (Å²) in [5, 5.41) is 4.72. The van der Waals surface area contributed by atoms with Crippen LogP contribution in [0.25, 0.3) is 0 Å². The number of halogens is 2. The molecule has 5 nitrogen and oxygen atoms in total. The van der Waals surface area contributed by atoms with E-state index in [9.17, 15) is 4.79 Å². The molecule has 24 heavy (non-hydrogen) atoms. The van der Waals surface area contributed by atoms with E-state index in [-0.39, 0.29) is 6.61 Å². The molecule has 0 heterocycles. The van der Waals surface area contributed by atoms with Gasteiger partial charge in [0.25, 0.3) is 5.91 Å². The Morgan fingerprint density at radius 3 is 2.62 bits per heavy atom. The number of hydrogen-bond donors (Lipinski definition) is 1. The Bertz CT molecular complexity index is 763. The molecule has 7 heteroatoms. The number of amides is 1. The number of nitrogens with one attached hydrogen (secondary N) is 1. The molecule has 0 spiro atoms. The summed E-state index contributed by atoms with van der Waals surface area (Å²) < 4.78 is 10.5. The number of ether oxygens (including phenoxy) is 2. The Morgan fingerprint density at radius 1 is 1.21 bits per heavy atom. The second kappa shape index (κ2) is 8.57. The van der Waals surface area contributed by atoms with Crippen LogP contribution in [-0.2, 0) is 4.79 Å². The van der Waals surface area contributed by atoms with Crippen LogP contribution in [0.5, 0.6) is 11.5 Å². The monoisotopic (exact) mass is 366 g/mol. The van der Waals surface area contributed by atoms with Gasteiger partial charge in [-0.25, -0.2) is 5.43 Å². The Balaban J connectivity index is 1.85. The van der Waals surface area contributed by atoms with E-state index in [0.29, 0.717) is 15.8 Å². The third kappa shape index (κ3) is 5.15. The van der Waals surface area contributed by atoms with Crippen LogP contribution >= 0.6 is 23.2 Å². The molecule has 2 aromatic rings. The van der Waals surface area contributed by atoms with Crippen LogP contribution in [0, 0.1) is 6.92 Å². The van der Waals surface area contributed by atoms with Crippen LogP contribution in [0.2, 0.25) is 10.0 Å². The first-order valence-corrected chi connectivity index (χ1v) is 7.79. The van der Waals surface area contributed by atoms with Crippen molar-refractivity contribution in [1.29, 1.82) is 0 Å². The summed E-state index contributed by atoms with van der Waals surface area (Å²) in [6.45, 7) is 1.72. The minimum Gasteiger partial charge on any atom is -0.496 e. The summed E-state index contributed by atoms with van der Waals surface area (Å²) >= 11 is 11.7. The lowest BCUT2D eigenvalue weighted by Crippen LogP contribution is -2.24. The molecule has 0 unspecified atom stereocenters. The van der Waals surface area contributed by atoms with Crippen LogP contribution in [0.15, 0.2) is 41.5 Å². The zero-order valence-corrected chi connectivity index (χ0v) is 14.7. The number of hydrogen-bond acceptors (Lipinski definition) is 4. The topological polar surface area (TPSA) is 59.9 Å². The van der Waals surface area contributed by atoms with Crippen molar-refractivity contribution in [1.82, 2.24) is 5.43 Å². The Hall–Kier alpha value is -2.24. The van der Waals surface area contributed by atoms with Crippen molar-refractivity contribution in [2.75, 3.05) is 13.7 Å². The lowest BCUT2D eigenvalue weighted by molar-refractivity contribution is -0.123. The van der Waals surface area contributed by atoms with Crippen LogP contribution < -0.4 is 14.9 Å². The molecule has 0 bridgehead atoms.